The van der Waals surface area contributed by atoms with Crippen LogP contribution in [-0.4, -0.2) is 40.0 Å². The van der Waals surface area contributed by atoms with Gasteiger partial charge in [-0.3, -0.25) is 9.78 Å². The van der Waals surface area contributed by atoms with Gasteiger partial charge in [-0.1, -0.05) is 0 Å². The van der Waals surface area contributed by atoms with Crippen molar-refractivity contribution in [1.82, 2.24) is 14.9 Å². The SMILES string of the molecule is Cc1c(F)ccc(-c2cncc(C(=O)N(C)C)n2)c1O. The summed E-state index contributed by atoms with van der Waals surface area (Å²) in [5.41, 5.74) is 0.950. The maximum Gasteiger partial charge on any atom is 0.273 e. The zero-order valence-electron chi connectivity index (χ0n) is 11.4. The minimum Gasteiger partial charge on any atom is -0.507 e. The van der Waals surface area contributed by atoms with Gasteiger partial charge >= 0.3 is 0 Å². The van der Waals surface area contributed by atoms with Crippen LogP contribution >= 0.6 is 0 Å². The Labute approximate surface area is 115 Å². The minimum absolute atomic E-state index is 0.133. The number of carbonyl (C=O) groups is 1. The monoisotopic (exact) mass is 275 g/mol. The van der Waals surface area contributed by atoms with Crippen molar-refractivity contribution in [2.45, 2.75) is 6.92 Å². The molecule has 6 heteroatoms. The van der Waals surface area contributed by atoms with Crippen molar-refractivity contribution in [3.05, 3.63) is 41.6 Å². The number of aromatic nitrogens is 2. The van der Waals surface area contributed by atoms with Crippen molar-refractivity contribution < 1.29 is 14.3 Å². The molecule has 0 saturated heterocycles. The van der Waals surface area contributed by atoms with E-state index in [2.05, 4.69) is 9.97 Å². The molecule has 1 aromatic heterocycles. The lowest BCUT2D eigenvalue weighted by Crippen LogP contribution is -2.23. The number of nitrogens with zero attached hydrogens (tertiary/aromatic N) is 3. The van der Waals surface area contributed by atoms with Gasteiger partial charge in [0.2, 0.25) is 0 Å². The number of hydrogen-bond acceptors (Lipinski definition) is 4. The van der Waals surface area contributed by atoms with Gasteiger partial charge in [0, 0.05) is 25.2 Å². The normalized spacial score (nSPS) is 10.4. The topological polar surface area (TPSA) is 66.3 Å². The molecule has 0 unspecified atom stereocenters. The third kappa shape index (κ3) is 2.45. The summed E-state index contributed by atoms with van der Waals surface area (Å²) >= 11 is 0. The number of aromatic hydroxyl groups is 1. The molecule has 1 heterocycles. The van der Waals surface area contributed by atoms with Crippen molar-refractivity contribution in [3.8, 4) is 17.0 Å². The zero-order valence-corrected chi connectivity index (χ0v) is 11.4. The molecule has 0 aliphatic heterocycles. The number of rotatable bonds is 2. The molecule has 0 spiro atoms. The van der Waals surface area contributed by atoms with Crippen LogP contribution in [0.5, 0.6) is 5.75 Å². The third-order valence-corrected chi connectivity index (χ3v) is 2.90. The largest absolute Gasteiger partial charge is 0.507 e. The predicted octanol–water partition coefficient (Wildman–Crippen LogP) is 2.00. The number of hydrogen-bond donors (Lipinski definition) is 1. The van der Waals surface area contributed by atoms with E-state index in [1.165, 1.54) is 36.4 Å². The van der Waals surface area contributed by atoms with E-state index in [1.54, 1.807) is 14.1 Å². The zero-order chi connectivity index (χ0) is 14.9. The Morgan fingerprint density at radius 2 is 2.00 bits per heavy atom. The van der Waals surface area contributed by atoms with E-state index in [1.807, 2.05) is 0 Å². The Hall–Kier alpha value is -2.50. The highest BCUT2D eigenvalue weighted by atomic mass is 19.1. The highest BCUT2D eigenvalue weighted by Crippen LogP contribution is 2.31. The van der Waals surface area contributed by atoms with Gasteiger partial charge in [0.05, 0.1) is 18.1 Å². The molecule has 1 aromatic carbocycles. The van der Waals surface area contributed by atoms with Crippen molar-refractivity contribution in [3.63, 3.8) is 0 Å². The molecule has 0 aliphatic carbocycles. The molecule has 0 atom stereocenters. The highest BCUT2D eigenvalue weighted by Gasteiger charge is 2.15. The number of phenolic OH excluding ortho intramolecular Hbond substituents is 1. The number of amides is 1. The summed E-state index contributed by atoms with van der Waals surface area (Å²) in [6, 6.07) is 2.65. The van der Waals surface area contributed by atoms with Crippen LogP contribution in [0, 0.1) is 12.7 Å². The van der Waals surface area contributed by atoms with Crippen molar-refractivity contribution in [2.75, 3.05) is 14.1 Å². The Kier molecular flexibility index (Phi) is 3.65. The summed E-state index contributed by atoms with van der Waals surface area (Å²) in [4.78, 5) is 21.3. The van der Waals surface area contributed by atoms with E-state index in [-0.39, 0.29) is 22.9 Å². The first-order chi connectivity index (χ1) is 9.41. The molecule has 0 bridgehead atoms. The van der Waals surface area contributed by atoms with E-state index >= 15 is 0 Å². The van der Waals surface area contributed by atoms with Gasteiger partial charge < -0.3 is 10.0 Å². The number of benzene rings is 1. The summed E-state index contributed by atoms with van der Waals surface area (Å²) in [5, 5.41) is 9.97. The Balaban J connectivity index is 2.52. The fourth-order valence-corrected chi connectivity index (χ4v) is 1.71. The third-order valence-electron chi connectivity index (χ3n) is 2.90. The Morgan fingerprint density at radius 1 is 1.30 bits per heavy atom. The first-order valence-electron chi connectivity index (χ1n) is 5.94. The minimum atomic E-state index is -0.500. The van der Waals surface area contributed by atoms with Crippen LogP contribution < -0.4 is 0 Å². The standard InChI is InChI=1S/C14H14FN3O2/c1-8-10(15)5-4-9(13(8)19)11-6-16-7-12(17-11)14(20)18(2)3/h4-7,19H,1-3H3. The molecule has 104 valence electrons. The first-order valence-corrected chi connectivity index (χ1v) is 5.94. The summed E-state index contributed by atoms with van der Waals surface area (Å²) in [6.07, 6.45) is 2.76. The fourth-order valence-electron chi connectivity index (χ4n) is 1.71. The summed E-state index contributed by atoms with van der Waals surface area (Å²) in [6.45, 7) is 1.47. The average Bonchev–Trinajstić information content (AvgIpc) is 2.44. The van der Waals surface area contributed by atoms with E-state index < -0.39 is 5.82 Å². The molecule has 0 radical (unpaired) electrons. The molecule has 2 rings (SSSR count). The molecule has 5 nitrogen and oxygen atoms in total. The number of carbonyl (C=O) groups excluding carboxylic acids is 1. The van der Waals surface area contributed by atoms with Gasteiger partial charge in [-0.15, -0.1) is 0 Å². The van der Waals surface area contributed by atoms with Gasteiger partial charge in [0.1, 0.15) is 17.3 Å². The molecule has 1 N–H and O–H groups in total. The van der Waals surface area contributed by atoms with Crippen LogP contribution in [0.15, 0.2) is 24.5 Å². The summed E-state index contributed by atoms with van der Waals surface area (Å²) < 4.78 is 13.3. The second-order valence-corrected chi connectivity index (χ2v) is 4.56. The molecule has 0 saturated carbocycles. The van der Waals surface area contributed by atoms with Crippen molar-refractivity contribution >= 4 is 5.91 Å². The molecule has 0 fully saturated rings. The lowest BCUT2D eigenvalue weighted by atomic mass is 10.1. The number of phenols is 1. The van der Waals surface area contributed by atoms with Crippen molar-refractivity contribution in [2.24, 2.45) is 0 Å². The van der Waals surface area contributed by atoms with Crippen LogP contribution in [-0.2, 0) is 0 Å². The van der Waals surface area contributed by atoms with Gasteiger partial charge in [0.15, 0.2) is 0 Å². The molecule has 1 amide bonds. The smallest absolute Gasteiger partial charge is 0.273 e. The van der Waals surface area contributed by atoms with Crippen LogP contribution in [0.4, 0.5) is 4.39 Å². The van der Waals surface area contributed by atoms with Crippen LogP contribution in [0.2, 0.25) is 0 Å². The van der Waals surface area contributed by atoms with E-state index in [0.29, 0.717) is 11.3 Å². The second-order valence-electron chi connectivity index (χ2n) is 4.56. The Morgan fingerprint density at radius 3 is 2.65 bits per heavy atom. The fraction of sp³-hybridized carbons (Fsp3) is 0.214. The number of halogens is 1. The lowest BCUT2D eigenvalue weighted by molar-refractivity contribution is 0.0821. The quantitative estimate of drug-likeness (QED) is 0.910. The van der Waals surface area contributed by atoms with Gasteiger partial charge in [-0.05, 0) is 19.1 Å². The van der Waals surface area contributed by atoms with Crippen LogP contribution in [0.25, 0.3) is 11.3 Å². The Bertz CT molecular complexity index is 671. The second kappa shape index (κ2) is 5.24. The molecule has 20 heavy (non-hydrogen) atoms. The lowest BCUT2D eigenvalue weighted by Gasteiger charge is -2.11. The average molecular weight is 275 g/mol. The van der Waals surface area contributed by atoms with E-state index in [9.17, 15) is 14.3 Å². The first kappa shape index (κ1) is 13.9. The van der Waals surface area contributed by atoms with Crippen LogP contribution in [0.3, 0.4) is 0 Å². The van der Waals surface area contributed by atoms with E-state index in [4.69, 9.17) is 0 Å². The maximum atomic E-state index is 13.3. The summed E-state index contributed by atoms with van der Waals surface area (Å²) in [7, 11) is 3.21. The van der Waals surface area contributed by atoms with Gasteiger partial charge in [-0.25, -0.2) is 9.37 Å². The molecular weight excluding hydrogens is 261 g/mol. The molecule has 0 aliphatic rings. The van der Waals surface area contributed by atoms with Gasteiger partial charge in [0.25, 0.3) is 5.91 Å². The van der Waals surface area contributed by atoms with E-state index in [0.717, 1.165) is 0 Å². The maximum absolute atomic E-state index is 13.3. The van der Waals surface area contributed by atoms with Crippen molar-refractivity contribution in [1.29, 1.82) is 0 Å². The molecule has 2 aromatic rings. The van der Waals surface area contributed by atoms with Crippen LogP contribution in [0.1, 0.15) is 16.1 Å². The van der Waals surface area contributed by atoms with Gasteiger partial charge in [-0.2, -0.15) is 0 Å². The predicted molar refractivity (Wildman–Crippen MR) is 71.8 cm³/mol. The summed E-state index contributed by atoms with van der Waals surface area (Å²) in [5.74, 6) is -0.994. The molecular formula is C14H14FN3O2. The highest BCUT2D eigenvalue weighted by molar-refractivity contribution is 5.92.